The number of aromatic nitrogens is 7. The highest BCUT2D eigenvalue weighted by Gasteiger charge is 2.16. The number of esters is 1. The Labute approximate surface area is 150 Å². The maximum absolute atomic E-state index is 11.7. The van der Waals surface area contributed by atoms with Crippen molar-refractivity contribution in [1.29, 1.82) is 0 Å². The van der Waals surface area contributed by atoms with Crippen LogP contribution in [0.3, 0.4) is 0 Å². The molecule has 0 aliphatic heterocycles. The quantitative estimate of drug-likeness (QED) is 0.639. The molecule has 0 radical (unpaired) electrons. The van der Waals surface area contributed by atoms with Crippen LogP contribution in [0.2, 0.25) is 0 Å². The molecule has 0 fully saturated rings. The van der Waals surface area contributed by atoms with Crippen molar-refractivity contribution in [2.45, 2.75) is 39.2 Å². The van der Waals surface area contributed by atoms with Crippen molar-refractivity contribution in [1.82, 2.24) is 35.4 Å². The summed E-state index contributed by atoms with van der Waals surface area (Å²) in [4.78, 5) is 13.2. The molecule has 0 bridgehead atoms. The Morgan fingerprint density at radius 3 is 2.19 bits per heavy atom. The van der Waals surface area contributed by atoms with Gasteiger partial charge in [-0.3, -0.25) is 4.79 Å². The predicted molar refractivity (Wildman–Crippen MR) is 92.1 cm³/mol. The SMILES string of the molecule is CC(C)(C)OC(=O)CCc1nnc(-c2ccc(-n3nccn3)cc2)nn1. The van der Waals surface area contributed by atoms with Gasteiger partial charge in [0.2, 0.25) is 5.82 Å². The van der Waals surface area contributed by atoms with E-state index in [1.54, 1.807) is 12.4 Å². The summed E-state index contributed by atoms with van der Waals surface area (Å²) in [6.07, 6.45) is 3.74. The van der Waals surface area contributed by atoms with Gasteiger partial charge in [-0.25, -0.2) is 0 Å². The number of carbonyl (C=O) groups is 1. The molecule has 1 aromatic carbocycles. The molecule has 0 aliphatic rings. The van der Waals surface area contributed by atoms with Crippen molar-refractivity contribution in [3.63, 3.8) is 0 Å². The highest BCUT2D eigenvalue weighted by atomic mass is 16.6. The molecular weight excluding hydrogens is 334 g/mol. The summed E-state index contributed by atoms with van der Waals surface area (Å²) in [7, 11) is 0. The number of carbonyl (C=O) groups excluding carboxylic acids is 1. The van der Waals surface area contributed by atoms with E-state index in [0.717, 1.165) is 11.3 Å². The Balaban J connectivity index is 1.61. The average Bonchev–Trinajstić information content (AvgIpc) is 3.14. The molecule has 0 N–H and O–H groups in total. The molecule has 0 saturated carbocycles. The summed E-state index contributed by atoms with van der Waals surface area (Å²) in [5.41, 5.74) is 1.10. The summed E-state index contributed by atoms with van der Waals surface area (Å²) in [6, 6.07) is 7.40. The zero-order chi connectivity index (χ0) is 18.6. The minimum atomic E-state index is -0.504. The normalized spacial score (nSPS) is 11.3. The predicted octanol–water partition coefficient (Wildman–Crippen LogP) is 1.79. The van der Waals surface area contributed by atoms with Gasteiger partial charge in [-0.15, -0.1) is 20.4 Å². The summed E-state index contributed by atoms with van der Waals surface area (Å²) in [5, 5.41) is 24.4. The zero-order valence-corrected chi connectivity index (χ0v) is 14.8. The number of hydrogen-bond donors (Lipinski definition) is 0. The van der Waals surface area contributed by atoms with E-state index >= 15 is 0 Å². The summed E-state index contributed by atoms with van der Waals surface area (Å²) in [6.45, 7) is 5.48. The van der Waals surface area contributed by atoms with E-state index in [1.807, 2.05) is 45.0 Å². The lowest BCUT2D eigenvalue weighted by Gasteiger charge is -2.19. The van der Waals surface area contributed by atoms with E-state index in [-0.39, 0.29) is 12.4 Å². The van der Waals surface area contributed by atoms with Crippen molar-refractivity contribution >= 4 is 5.97 Å². The largest absolute Gasteiger partial charge is 0.460 e. The van der Waals surface area contributed by atoms with Crippen LogP contribution in [0.15, 0.2) is 36.7 Å². The van der Waals surface area contributed by atoms with Crippen molar-refractivity contribution in [2.75, 3.05) is 0 Å². The minimum Gasteiger partial charge on any atom is -0.460 e. The molecule has 134 valence electrons. The van der Waals surface area contributed by atoms with Crippen molar-refractivity contribution in [2.24, 2.45) is 0 Å². The monoisotopic (exact) mass is 353 g/mol. The molecule has 9 heteroatoms. The second-order valence-electron chi connectivity index (χ2n) is 6.59. The van der Waals surface area contributed by atoms with Crippen LogP contribution < -0.4 is 0 Å². The molecule has 0 saturated heterocycles. The van der Waals surface area contributed by atoms with Gasteiger partial charge in [0.1, 0.15) is 5.60 Å². The first-order valence-electron chi connectivity index (χ1n) is 8.16. The Morgan fingerprint density at radius 1 is 1.00 bits per heavy atom. The maximum atomic E-state index is 11.7. The van der Waals surface area contributed by atoms with Crippen molar-refractivity contribution in [3.8, 4) is 17.1 Å². The minimum absolute atomic E-state index is 0.186. The van der Waals surface area contributed by atoms with E-state index in [2.05, 4.69) is 30.6 Å². The second-order valence-corrected chi connectivity index (χ2v) is 6.59. The Morgan fingerprint density at radius 2 is 1.62 bits per heavy atom. The highest BCUT2D eigenvalue weighted by molar-refractivity contribution is 5.70. The molecule has 3 aromatic rings. The topological polar surface area (TPSA) is 109 Å². The Hall–Kier alpha value is -3.23. The number of hydrogen-bond acceptors (Lipinski definition) is 8. The first-order chi connectivity index (χ1) is 12.4. The van der Waals surface area contributed by atoms with E-state index in [1.165, 1.54) is 4.80 Å². The fraction of sp³-hybridized carbons (Fsp3) is 0.353. The van der Waals surface area contributed by atoms with Crippen molar-refractivity contribution in [3.05, 3.63) is 42.5 Å². The Bertz CT molecular complexity index is 854. The van der Waals surface area contributed by atoms with Crippen LogP contribution in [-0.4, -0.2) is 47.0 Å². The molecule has 3 rings (SSSR count). The second kappa shape index (κ2) is 7.34. The lowest BCUT2D eigenvalue weighted by molar-refractivity contribution is -0.154. The molecule has 2 heterocycles. The third-order valence-corrected chi connectivity index (χ3v) is 3.27. The summed E-state index contributed by atoms with van der Waals surface area (Å²) < 4.78 is 5.25. The van der Waals surface area contributed by atoms with Crippen LogP contribution in [0.5, 0.6) is 0 Å². The smallest absolute Gasteiger partial charge is 0.306 e. The standard InChI is InChI=1S/C17H19N7O2/c1-17(2,3)26-15(25)9-8-14-20-22-16(23-21-14)12-4-6-13(7-5-12)24-18-10-11-19-24/h4-7,10-11H,8-9H2,1-3H3. The molecule has 0 aliphatic carbocycles. The van der Waals surface area contributed by atoms with Gasteiger partial charge in [-0.1, -0.05) is 0 Å². The lowest BCUT2D eigenvalue weighted by atomic mass is 10.2. The van der Waals surface area contributed by atoms with E-state index < -0.39 is 5.60 Å². The van der Waals surface area contributed by atoms with Crippen molar-refractivity contribution < 1.29 is 9.53 Å². The van der Waals surface area contributed by atoms with E-state index in [9.17, 15) is 4.79 Å². The van der Waals surface area contributed by atoms with E-state index in [0.29, 0.717) is 18.1 Å². The van der Waals surface area contributed by atoms with Gasteiger partial charge in [0.05, 0.1) is 24.5 Å². The number of aryl methyl sites for hydroxylation is 1. The van der Waals surface area contributed by atoms with Crippen LogP contribution >= 0.6 is 0 Å². The first-order valence-corrected chi connectivity index (χ1v) is 8.16. The van der Waals surface area contributed by atoms with Gasteiger partial charge < -0.3 is 4.74 Å². The van der Waals surface area contributed by atoms with Gasteiger partial charge in [0.25, 0.3) is 0 Å². The van der Waals surface area contributed by atoms with Crippen LogP contribution in [0.1, 0.15) is 33.0 Å². The number of ether oxygens (including phenoxy) is 1. The molecule has 0 amide bonds. The van der Waals surface area contributed by atoms with Crippen LogP contribution in [0.25, 0.3) is 17.1 Å². The fourth-order valence-corrected chi connectivity index (χ4v) is 2.16. The fourth-order valence-electron chi connectivity index (χ4n) is 2.16. The molecule has 2 aromatic heterocycles. The average molecular weight is 353 g/mol. The highest BCUT2D eigenvalue weighted by Crippen LogP contribution is 2.15. The van der Waals surface area contributed by atoms with E-state index in [4.69, 9.17) is 4.74 Å². The summed E-state index contributed by atoms with van der Waals surface area (Å²) in [5.74, 6) is 0.510. The van der Waals surface area contributed by atoms with Gasteiger partial charge in [0, 0.05) is 12.0 Å². The molecular formula is C17H19N7O2. The Kier molecular flexibility index (Phi) is 4.97. The van der Waals surface area contributed by atoms with Crippen LogP contribution in [-0.2, 0) is 16.0 Å². The van der Waals surface area contributed by atoms with Crippen LogP contribution in [0, 0.1) is 0 Å². The number of benzene rings is 1. The molecule has 0 unspecified atom stereocenters. The lowest BCUT2D eigenvalue weighted by Crippen LogP contribution is -2.24. The number of rotatable bonds is 5. The van der Waals surface area contributed by atoms with Gasteiger partial charge >= 0.3 is 5.97 Å². The van der Waals surface area contributed by atoms with Gasteiger partial charge in [-0.05, 0) is 45.0 Å². The molecule has 0 atom stereocenters. The molecule has 0 spiro atoms. The number of nitrogens with zero attached hydrogens (tertiary/aromatic N) is 7. The zero-order valence-electron chi connectivity index (χ0n) is 14.8. The summed E-state index contributed by atoms with van der Waals surface area (Å²) >= 11 is 0. The first kappa shape index (κ1) is 17.6. The van der Waals surface area contributed by atoms with Crippen LogP contribution in [0.4, 0.5) is 0 Å². The molecule has 26 heavy (non-hydrogen) atoms. The van der Waals surface area contributed by atoms with Gasteiger partial charge in [-0.2, -0.15) is 15.0 Å². The molecule has 9 nitrogen and oxygen atoms in total. The van der Waals surface area contributed by atoms with Gasteiger partial charge in [0.15, 0.2) is 5.82 Å². The maximum Gasteiger partial charge on any atom is 0.306 e. The third kappa shape index (κ3) is 4.65. The third-order valence-electron chi connectivity index (χ3n) is 3.27.